The number of carbonyl (C=O) groups excluding carboxylic acids is 2. The molecule has 7 heteroatoms. The molecule has 3 rings (SSSR count). The fraction of sp³-hybridized carbons (Fsp3) is 0.429. The number of hydrogen-bond acceptors (Lipinski definition) is 4. The molecule has 2 heterocycles. The van der Waals surface area contributed by atoms with Crippen molar-refractivity contribution in [2.45, 2.75) is 13.0 Å². The van der Waals surface area contributed by atoms with Crippen LogP contribution < -0.4 is 10.6 Å². The molecule has 1 fully saturated rings. The van der Waals surface area contributed by atoms with Gasteiger partial charge in [-0.15, -0.1) is 0 Å². The van der Waals surface area contributed by atoms with E-state index in [1.165, 1.54) is 0 Å². The lowest BCUT2D eigenvalue weighted by atomic mass is 10.1. The molecular formula is C21H29N5O2. The number of para-hydroxylation sites is 1. The van der Waals surface area contributed by atoms with Gasteiger partial charge in [-0.25, -0.2) is 0 Å². The van der Waals surface area contributed by atoms with Crippen LogP contribution in [0.2, 0.25) is 0 Å². The molecule has 28 heavy (non-hydrogen) atoms. The van der Waals surface area contributed by atoms with E-state index in [0.717, 1.165) is 37.4 Å². The highest BCUT2D eigenvalue weighted by molar-refractivity contribution is 6.39. The summed E-state index contributed by atoms with van der Waals surface area (Å²) in [6.45, 7) is 6.12. The Morgan fingerprint density at radius 2 is 1.71 bits per heavy atom. The number of carbonyl (C=O) groups is 2. The number of aromatic nitrogens is 1. The number of benzene rings is 1. The second-order valence-electron chi connectivity index (χ2n) is 7.38. The SMILES string of the molecule is Cc1ccccc1NC(=O)C(=O)NCC(c1cccn1C)N1CCN(C)CC1. The fourth-order valence-electron chi connectivity index (χ4n) is 3.54. The number of anilines is 1. The predicted molar refractivity (Wildman–Crippen MR) is 110 cm³/mol. The zero-order valence-corrected chi connectivity index (χ0v) is 16.8. The zero-order chi connectivity index (χ0) is 20.1. The van der Waals surface area contributed by atoms with Gasteiger partial charge in [-0.3, -0.25) is 14.5 Å². The minimum atomic E-state index is -0.640. The standard InChI is InChI=1S/C21H29N5O2/c1-16-7-4-5-8-17(16)23-21(28)20(27)22-15-19(18-9-6-10-25(18)3)26-13-11-24(2)12-14-26/h4-10,19H,11-15H2,1-3H3,(H,22,27)(H,23,28). The van der Waals surface area contributed by atoms with Gasteiger partial charge in [-0.1, -0.05) is 18.2 Å². The van der Waals surface area contributed by atoms with Crippen molar-refractivity contribution in [2.24, 2.45) is 7.05 Å². The zero-order valence-electron chi connectivity index (χ0n) is 16.8. The van der Waals surface area contributed by atoms with Gasteiger partial charge in [0.25, 0.3) is 0 Å². The highest BCUT2D eigenvalue weighted by Gasteiger charge is 2.27. The molecule has 1 atom stereocenters. The van der Waals surface area contributed by atoms with Crippen molar-refractivity contribution < 1.29 is 9.59 Å². The molecule has 1 aromatic carbocycles. The normalized spacial score (nSPS) is 16.5. The Kier molecular flexibility index (Phi) is 6.49. The third-order valence-electron chi connectivity index (χ3n) is 5.36. The first-order valence-corrected chi connectivity index (χ1v) is 9.64. The largest absolute Gasteiger partial charge is 0.353 e. The van der Waals surface area contributed by atoms with Crippen LogP contribution in [-0.4, -0.2) is 66.0 Å². The quantitative estimate of drug-likeness (QED) is 0.766. The van der Waals surface area contributed by atoms with Crippen LogP contribution in [0, 0.1) is 6.92 Å². The van der Waals surface area contributed by atoms with Crippen LogP contribution in [0.3, 0.4) is 0 Å². The lowest BCUT2D eigenvalue weighted by molar-refractivity contribution is -0.136. The fourth-order valence-corrected chi connectivity index (χ4v) is 3.54. The Bertz CT molecular complexity index is 824. The monoisotopic (exact) mass is 383 g/mol. The second-order valence-corrected chi connectivity index (χ2v) is 7.38. The molecule has 2 amide bonds. The van der Waals surface area contributed by atoms with E-state index < -0.39 is 11.8 Å². The van der Waals surface area contributed by atoms with Crippen molar-refractivity contribution >= 4 is 17.5 Å². The lowest BCUT2D eigenvalue weighted by Gasteiger charge is -2.38. The smallest absolute Gasteiger partial charge is 0.313 e. The first kappa shape index (κ1) is 20.1. The van der Waals surface area contributed by atoms with Crippen LogP contribution in [0.1, 0.15) is 17.3 Å². The van der Waals surface area contributed by atoms with Gasteiger partial charge >= 0.3 is 11.8 Å². The molecule has 2 N–H and O–H groups in total. The summed E-state index contributed by atoms with van der Waals surface area (Å²) in [4.78, 5) is 29.4. The molecule has 0 spiro atoms. The molecule has 1 saturated heterocycles. The van der Waals surface area contributed by atoms with Crippen molar-refractivity contribution in [1.29, 1.82) is 0 Å². The molecule has 7 nitrogen and oxygen atoms in total. The predicted octanol–water partition coefficient (Wildman–Crippen LogP) is 1.38. The summed E-state index contributed by atoms with van der Waals surface area (Å²) in [5.41, 5.74) is 2.70. The summed E-state index contributed by atoms with van der Waals surface area (Å²) in [6, 6.07) is 11.5. The summed E-state index contributed by atoms with van der Waals surface area (Å²) >= 11 is 0. The number of hydrogen-bond donors (Lipinski definition) is 2. The number of rotatable bonds is 5. The van der Waals surface area contributed by atoms with E-state index in [-0.39, 0.29) is 6.04 Å². The topological polar surface area (TPSA) is 69.6 Å². The Morgan fingerprint density at radius 3 is 2.36 bits per heavy atom. The summed E-state index contributed by atoms with van der Waals surface area (Å²) in [5.74, 6) is -1.25. The van der Waals surface area contributed by atoms with Gasteiger partial charge in [0.1, 0.15) is 0 Å². The summed E-state index contributed by atoms with van der Waals surface area (Å²) in [7, 11) is 4.12. The van der Waals surface area contributed by atoms with Crippen LogP contribution in [-0.2, 0) is 16.6 Å². The first-order valence-electron chi connectivity index (χ1n) is 9.64. The Morgan fingerprint density at radius 1 is 1.00 bits per heavy atom. The van der Waals surface area contributed by atoms with Crippen molar-refractivity contribution in [3.63, 3.8) is 0 Å². The van der Waals surface area contributed by atoms with Gasteiger partial charge in [-0.2, -0.15) is 0 Å². The molecule has 150 valence electrons. The molecule has 2 aromatic rings. The van der Waals surface area contributed by atoms with Crippen LogP contribution in [0.4, 0.5) is 5.69 Å². The third-order valence-corrected chi connectivity index (χ3v) is 5.36. The summed E-state index contributed by atoms with van der Waals surface area (Å²) in [6.07, 6.45) is 2.01. The second kappa shape index (κ2) is 9.03. The van der Waals surface area contributed by atoms with E-state index in [2.05, 4.69) is 38.1 Å². The molecule has 0 saturated carbocycles. The maximum absolute atomic E-state index is 12.4. The van der Waals surface area contributed by atoms with E-state index in [1.807, 2.05) is 44.4 Å². The average molecular weight is 383 g/mol. The van der Waals surface area contributed by atoms with Crippen LogP contribution >= 0.6 is 0 Å². The molecule has 0 radical (unpaired) electrons. The Balaban J connectivity index is 1.64. The summed E-state index contributed by atoms with van der Waals surface area (Å²) < 4.78 is 2.07. The number of amides is 2. The average Bonchev–Trinajstić information content (AvgIpc) is 3.10. The molecule has 0 bridgehead atoms. The molecule has 0 aliphatic carbocycles. The van der Waals surface area contributed by atoms with Gasteiger partial charge in [0.2, 0.25) is 0 Å². The number of likely N-dealkylation sites (N-methyl/N-ethyl adjacent to an activating group) is 1. The van der Waals surface area contributed by atoms with Crippen LogP contribution in [0.25, 0.3) is 0 Å². The molecule has 1 aromatic heterocycles. The van der Waals surface area contributed by atoms with Gasteiger partial charge < -0.3 is 20.1 Å². The third kappa shape index (κ3) is 4.79. The van der Waals surface area contributed by atoms with Gasteiger partial charge in [-0.05, 0) is 37.7 Å². The maximum atomic E-state index is 12.4. The minimum absolute atomic E-state index is 0.0314. The summed E-state index contributed by atoms with van der Waals surface area (Å²) in [5, 5.41) is 5.52. The van der Waals surface area contributed by atoms with E-state index in [9.17, 15) is 9.59 Å². The number of nitrogens with one attached hydrogen (secondary N) is 2. The molecule has 1 aliphatic heterocycles. The Labute approximate surface area is 166 Å². The lowest BCUT2D eigenvalue weighted by Crippen LogP contribution is -2.49. The van der Waals surface area contributed by atoms with Gasteiger partial charge in [0.15, 0.2) is 0 Å². The highest BCUT2D eigenvalue weighted by Crippen LogP contribution is 2.21. The van der Waals surface area contributed by atoms with Crippen LogP contribution in [0.5, 0.6) is 0 Å². The molecule has 1 aliphatic rings. The first-order chi connectivity index (χ1) is 13.5. The van der Waals surface area contributed by atoms with E-state index >= 15 is 0 Å². The van der Waals surface area contributed by atoms with E-state index in [4.69, 9.17) is 0 Å². The number of piperazine rings is 1. The van der Waals surface area contributed by atoms with Crippen molar-refractivity contribution in [2.75, 3.05) is 45.1 Å². The molecular weight excluding hydrogens is 354 g/mol. The minimum Gasteiger partial charge on any atom is -0.353 e. The van der Waals surface area contributed by atoms with Crippen molar-refractivity contribution in [3.05, 3.63) is 53.9 Å². The highest BCUT2D eigenvalue weighted by atomic mass is 16.2. The van der Waals surface area contributed by atoms with Crippen LogP contribution in [0.15, 0.2) is 42.6 Å². The van der Waals surface area contributed by atoms with Gasteiger partial charge in [0, 0.05) is 57.3 Å². The number of aryl methyl sites for hydroxylation is 2. The van der Waals surface area contributed by atoms with E-state index in [0.29, 0.717) is 12.2 Å². The maximum Gasteiger partial charge on any atom is 0.313 e. The van der Waals surface area contributed by atoms with Gasteiger partial charge in [0.05, 0.1) is 6.04 Å². The van der Waals surface area contributed by atoms with Crippen molar-refractivity contribution in [1.82, 2.24) is 19.7 Å². The molecule has 1 unspecified atom stereocenters. The Hall–Kier alpha value is -2.64. The number of nitrogens with zero attached hydrogens (tertiary/aromatic N) is 3. The van der Waals surface area contributed by atoms with E-state index in [1.54, 1.807) is 6.07 Å². The van der Waals surface area contributed by atoms with Crippen molar-refractivity contribution in [3.8, 4) is 0 Å².